The molecule has 22 heavy (non-hydrogen) atoms. The smallest absolute Gasteiger partial charge is 0.251 e. The van der Waals surface area contributed by atoms with Crippen LogP contribution in [0, 0.1) is 0 Å². The molecular weight excluding hydrogens is 310 g/mol. The van der Waals surface area contributed by atoms with E-state index in [0.29, 0.717) is 25.9 Å². The summed E-state index contributed by atoms with van der Waals surface area (Å²) < 4.78 is 52.1. The fourth-order valence-corrected chi connectivity index (χ4v) is 4.02. The first kappa shape index (κ1) is 17.3. The van der Waals surface area contributed by atoms with Crippen molar-refractivity contribution in [3.63, 3.8) is 0 Å². The topological polar surface area (TPSA) is 49.4 Å². The monoisotopic (exact) mass is 332 g/mol. The van der Waals surface area contributed by atoms with Crippen molar-refractivity contribution >= 4 is 10.0 Å². The van der Waals surface area contributed by atoms with E-state index >= 15 is 0 Å². The maximum Gasteiger partial charge on any atom is 0.251 e. The Bertz CT molecular complexity index is 585. The molecule has 0 spiro atoms. The minimum atomic E-state index is -3.55. The predicted molar refractivity (Wildman–Crippen MR) is 81.6 cm³/mol. The lowest BCUT2D eigenvalue weighted by molar-refractivity contribution is 0.0747. The molecule has 0 aromatic heterocycles. The summed E-state index contributed by atoms with van der Waals surface area (Å²) >= 11 is 0. The molecule has 7 heteroatoms. The average Bonchev–Trinajstić information content (AvgIpc) is 2.48. The molecule has 0 saturated carbocycles. The van der Waals surface area contributed by atoms with Crippen LogP contribution in [-0.4, -0.2) is 45.4 Å². The van der Waals surface area contributed by atoms with Crippen molar-refractivity contribution in [1.82, 2.24) is 9.62 Å². The van der Waals surface area contributed by atoms with Gasteiger partial charge in [0, 0.05) is 6.04 Å². The highest BCUT2D eigenvalue weighted by Crippen LogP contribution is 2.17. The van der Waals surface area contributed by atoms with E-state index in [1.165, 1.54) is 0 Å². The number of alkyl halides is 2. The molecular formula is C15H22F2N2O2S. The molecule has 4 nitrogen and oxygen atoms in total. The minimum absolute atomic E-state index is 0.191. The van der Waals surface area contributed by atoms with E-state index in [-0.39, 0.29) is 17.5 Å². The minimum Gasteiger partial charge on any atom is -0.298 e. The highest BCUT2D eigenvalue weighted by atomic mass is 32.2. The molecule has 0 bridgehead atoms. The van der Waals surface area contributed by atoms with E-state index in [0.717, 1.165) is 12.0 Å². The number of likely N-dealkylation sites (tertiary alicyclic amines) is 1. The van der Waals surface area contributed by atoms with Gasteiger partial charge in [0.1, 0.15) is 0 Å². The second kappa shape index (κ2) is 7.48. The van der Waals surface area contributed by atoms with Crippen LogP contribution in [0.5, 0.6) is 0 Å². The van der Waals surface area contributed by atoms with Gasteiger partial charge in [0.2, 0.25) is 10.0 Å². The molecule has 1 heterocycles. The standard InChI is InChI=1S/C15H22F2N2O2S/c1-2-12-4-3-5-14(10-12)22(20,21)18-13-6-8-19(9-7-13)11-15(16)17/h3-5,10,13,15,18H,2,6-9,11H2,1H3. The summed E-state index contributed by atoms with van der Waals surface area (Å²) in [5, 5.41) is 0. The third-order valence-corrected chi connectivity index (χ3v) is 5.44. The van der Waals surface area contributed by atoms with Crippen LogP contribution in [-0.2, 0) is 16.4 Å². The van der Waals surface area contributed by atoms with Crippen molar-refractivity contribution in [2.45, 2.75) is 43.5 Å². The van der Waals surface area contributed by atoms with Gasteiger partial charge in [-0.2, -0.15) is 0 Å². The van der Waals surface area contributed by atoms with E-state index in [2.05, 4.69) is 4.72 Å². The van der Waals surface area contributed by atoms with Gasteiger partial charge in [-0.25, -0.2) is 21.9 Å². The van der Waals surface area contributed by atoms with Crippen molar-refractivity contribution < 1.29 is 17.2 Å². The molecule has 0 amide bonds. The van der Waals surface area contributed by atoms with E-state index < -0.39 is 16.4 Å². The van der Waals surface area contributed by atoms with Gasteiger partial charge in [-0.3, -0.25) is 4.90 Å². The Morgan fingerprint density at radius 3 is 2.59 bits per heavy atom. The number of hydrogen-bond donors (Lipinski definition) is 1. The summed E-state index contributed by atoms with van der Waals surface area (Å²) in [6, 6.07) is 6.69. The molecule has 1 fully saturated rings. The molecule has 1 aromatic carbocycles. The number of sulfonamides is 1. The molecule has 1 N–H and O–H groups in total. The Labute approximate surface area is 130 Å². The fraction of sp³-hybridized carbons (Fsp3) is 0.600. The number of hydrogen-bond acceptors (Lipinski definition) is 3. The number of nitrogens with one attached hydrogen (secondary N) is 1. The number of nitrogens with zero attached hydrogens (tertiary/aromatic N) is 1. The second-order valence-corrected chi connectivity index (χ2v) is 7.30. The van der Waals surface area contributed by atoms with Crippen molar-refractivity contribution in [2.24, 2.45) is 0 Å². The van der Waals surface area contributed by atoms with Crippen molar-refractivity contribution in [3.05, 3.63) is 29.8 Å². The highest BCUT2D eigenvalue weighted by Gasteiger charge is 2.25. The fourth-order valence-electron chi connectivity index (χ4n) is 2.65. The Kier molecular flexibility index (Phi) is 5.88. The Morgan fingerprint density at radius 1 is 1.32 bits per heavy atom. The summed E-state index contributed by atoms with van der Waals surface area (Å²) in [5.74, 6) is 0. The third kappa shape index (κ3) is 4.72. The third-order valence-electron chi connectivity index (χ3n) is 3.92. The van der Waals surface area contributed by atoms with E-state index in [1.54, 1.807) is 23.1 Å². The number of piperidine rings is 1. The van der Waals surface area contributed by atoms with Crippen molar-refractivity contribution in [1.29, 1.82) is 0 Å². The molecule has 1 aliphatic rings. The van der Waals surface area contributed by atoms with Gasteiger partial charge in [-0.15, -0.1) is 0 Å². The summed E-state index contributed by atoms with van der Waals surface area (Å²) in [4.78, 5) is 1.94. The van der Waals surface area contributed by atoms with E-state index in [4.69, 9.17) is 0 Å². The second-order valence-electron chi connectivity index (χ2n) is 5.59. The molecule has 0 atom stereocenters. The maximum absolute atomic E-state index is 12.4. The van der Waals surface area contributed by atoms with Crippen LogP contribution in [0.1, 0.15) is 25.3 Å². The van der Waals surface area contributed by atoms with Crippen LogP contribution in [0.25, 0.3) is 0 Å². The van der Waals surface area contributed by atoms with Crippen LogP contribution in [0.4, 0.5) is 8.78 Å². The molecule has 2 rings (SSSR count). The number of benzene rings is 1. The quantitative estimate of drug-likeness (QED) is 0.869. The Balaban J connectivity index is 1.95. The average molecular weight is 332 g/mol. The lowest BCUT2D eigenvalue weighted by atomic mass is 10.1. The first-order chi connectivity index (χ1) is 10.4. The summed E-state index contributed by atoms with van der Waals surface area (Å²) in [6.45, 7) is 2.72. The zero-order valence-corrected chi connectivity index (χ0v) is 13.5. The van der Waals surface area contributed by atoms with Gasteiger partial charge in [-0.05, 0) is 50.0 Å². The Hall–Kier alpha value is -1.05. The van der Waals surface area contributed by atoms with Gasteiger partial charge in [-0.1, -0.05) is 19.1 Å². The Morgan fingerprint density at radius 2 is 2.00 bits per heavy atom. The van der Waals surface area contributed by atoms with Crippen LogP contribution in [0.3, 0.4) is 0 Å². The van der Waals surface area contributed by atoms with E-state index in [1.807, 2.05) is 13.0 Å². The van der Waals surface area contributed by atoms with Crippen LogP contribution < -0.4 is 4.72 Å². The SMILES string of the molecule is CCc1cccc(S(=O)(=O)NC2CCN(CC(F)F)CC2)c1. The van der Waals surface area contributed by atoms with Gasteiger partial charge in [0.25, 0.3) is 6.43 Å². The first-order valence-corrected chi connectivity index (χ1v) is 9.01. The van der Waals surface area contributed by atoms with Crippen LogP contribution >= 0.6 is 0 Å². The zero-order valence-electron chi connectivity index (χ0n) is 12.6. The molecule has 1 aromatic rings. The molecule has 0 aliphatic carbocycles. The summed E-state index contributed by atoms with van der Waals surface area (Å²) in [7, 11) is -3.55. The molecule has 0 unspecified atom stereocenters. The lowest BCUT2D eigenvalue weighted by Gasteiger charge is -2.31. The van der Waals surface area contributed by atoms with Gasteiger partial charge in [0.05, 0.1) is 11.4 Å². The van der Waals surface area contributed by atoms with Crippen molar-refractivity contribution in [3.8, 4) is 0 Å². The van der Waals surface area contributed by atoms with E-state index in [9.17, 15) is 17.2 Å². The number of halogens is 2. The van der Waals surface area contributed by atoms with Gasteiger partial charge >= 0.3 is 0 Å². The lowest BCUT2D eigenvalue weighted by Crippen LogP contribution is -2.45. The summed E-state index contributed by atoms with van der Waals surface area (Å²) in [6.07, 6.45) is -0.459. The highest BCUT2D eigenvalue weighted by molar-refractivity contribution is 7.89. The molecule has 0 radical (unpaired) electrons. The largest absolute Gasteiger partial charge is 0.298 e. The number of rotatable bonds is 6. The summed E-state index contributed by atoms with van der Waals surface area (Å²) in [5.41, 5.74) is 0.967. The van der Waals surface area contributed by atoms with Crippen LogP contribution in [0.15, 0.2) is 29.2 Å². The zero-order chi connectivity index (χ0) is 16.2. The molecule has 1 aliphatic heterocycles. The molecule has 124 valence electrons. The molecule has 1 saturated heterocycles. The van der Waals surface area contributed by atoms with Gasteiger partial charge in [0.15, 0.2) is 0 Å². The first-order valence-electron chi connectivity index (χ1n) is 7.52. The normalized spacial score (nSPS) is 18.0. The van der Waals surface area contributed by atoms with Crippen LogP contribution in [0.2, 0.25) is 0 Å². The maximum atomic E-state index is 12.4. The van der Waals surface area contributed by atoms with Crippen molar-refractivity contribution in [2.75, 3.05) is 19.6 Å². The predicted octanol–water partition coefficient (Wildman–Crippen LogP) is 2.26. The number of aryl methyl sites for hydroxylation is 1. The van der Waals surface area contributed by atoms with Gasteiger partial charge < -0.3 is 0 Å².